The molecule has 9 nitrogen and oxygen atoms in total. The molecule has 1 atom stereocenters. The average Bonchev–Trinajstić information content (AvgIpc) is 2.71. The molecule has 0 aliphatic rings. The van der Waals surface area contributed by atoms with Gasteiger partial charge in [0.2, 0.25) is 9.84 Å². The standard InChI is InChI=1S/C21H28O9S3/c1-6-14(3)30-18-11-9-16(13-20(18)33(27,28)29)31(22,23)15-8-10-17(21(4,5)7-2)19(12-15)32(24,25)26/h8-14H,6-7H2,1-5H3,(H,24,25,26)(H,27,28,29). The molecule has 2 aromatic rings. The lowest BCUT2D eigenvalue weighted by Crippen LogP contribution is -2.20. The fourth-order valence-electron chi connectivity index (χ4n) is 3.02. The molecule has 0 bridgehead atoms. The first-order chi connectivity index (χ1) is 14.9. The van der Waals surface area contributed by atoms with Crippen LogP contribution in [-0.2, 0) is 35.5 Å². The van der Waals surface area contributed by atoms with Gasteiger partial charge in [-0.25, -0.2) is 8.42 Å². The van der Waals surface area contributed by atoms with Gasteiger partial charge in [-0.05, 0) is 61.1 Å². The predicted molar refractivity (Wildman–Crippen MR) is 122 cm³/mol. The van der Waals surface area contributed by atoms with Crippen LogP contribution < -0.4 is 4.74 Å². The van der Waals surface area contributed by atoms with Crippen molar-refractivity contribution < 1.29 is 39.1 Å². The van der Waals surface area contributed by atoms with E-state index >= 15 is 0 Å². The Balaban J connectivity index is 2.74. The second-order valence-electron chi connectivity index (χ2n) is 8.29. The largest absolute Gasteiger partial charge is 0.489 e. The maximum absolute atomic E-state index is 13.2. The van der Waals surface area contributed by atoms with Crippen molar-refractivity contribution in [2.24, 2.45) is 0 Å². The number of benzene rings is 2. The highest BCUT2D eigenvalue weighted by molar-refractivity contribution is 7.91. The van der Waals surface area contributed by atoms with Gasteiger partial charge in [-0.2, -0.15) is 16.8 Å². The molecule has 12 heteroatoms. The van der Waals surface area contributed by atoms with Gasteiger partial charge < -0.3 is 4.74 Å². The maximum Gasteiger partial charge on any atom is 0.298 e. The topological polar surface area (TPSA) is 152 Å². The second-order valence-corrected chi connectivity index (χ2v) is 13.0. The third kappa shape index (κ3) is 5.93. The minimum atomic E-state index is -4.84. The van der Waals surface area contributed by atoms with Crippen LogP contribution in [0.25, 0.3) is 0 Å². The molecule has 0 saturated heterocycles. The highest BCUT2D eigenvalue weighted by Crippen LogP contribution is 2.36. The Labute approximate surface area is 195 Å². The third-order valence-electron chi connectivity index (χ3n) is 5.56. The van der Waals surface area contributed by atoms with E-state index in [9.17, 15) is 34.4 Å². The number of sulfone groups is 1. The van der Waals surface area contributed by atoms with Gasteiger partial charge in [0.05, 0.1) is 20.8 Å². The Hall–Kier alpha value is -1.99. The lowest BCUT2D eigenvalue weighted by molar-refractivity contribution is 0.211. The summed E-state index contributed by atoms with van der Waals surface area (Å²) in [6.45, 7) is 8.79. The first-order valence-electron chi connectivity index (χ1n) is 10.1. The van der Waals surface area contributed by atoms with Gasteiger partial charge in [-0.15, -0.1) is 0 Å². The lowest BCUT2D eigenvalue weighted by Gasteiger charge is -2.25. The average molecular weight is 521 g/mol. The van der Waals surface area contributed by atoms with Crippen LogP contribution in [-0.4, -0.2) is 40.5 Å². The summed E-state index contributed by atoms with van der Waals surface area (Å²) in [6, 6.07) is 6.30. The highest BCUT2D eigenvalue weighted by atomic mass is 32.2. The van der Waals surface area contributed by atoms with Crippen LogP contribution in [0.1, 0.15) is 53.0 Å². The third-order valence-corrected chi connectivity index (χ3v) is 9.08. The molecule has 0 aromatic heterocycles. The summed E-state index contributed by atoms with van der Waals surface area (Å²) >= 11 is 0. The first-order valence-corrected chi connectivity index (χ1v) is 14.5. The molecule has 2 rings (SSSR count). The molecule has 184 valence electrons. The normalized spacial score (nSPS) is 14.2. The fraction of sp³-hybridized carbons (Fsp3) is 0.429. The molecular weight excluding hydrogens is 492 g/mol. The maximum atomic E-state index is 13.2. The molecule has 2 aromatic carbocycles. The Kier molecular flexibility index (Phi) is 7.71. The molecule has 0 radical (unpaired) electrons. The molecule has 0 spiro atoms. The minimum absolute atomic E-state index is 0.218. The molecule has 0 aliphatic heterocycles. The Morgan fingerprint density at radius 3 is 1.79 bits per heavy atom. The van der Waals surface area contributed by atoms with Crippen molar-refractivity contribution >= 4 is 30.1 Å². The van der Waals surface area contributed by atoms with Crippen LogP contribution >= 0.6 is 0 Å². The summed E-state index contributed by atoms with van der Waals surface area (Å²) in [6.07, 6.45) is 0.639. The van der Waals surface area contributed by atoms with Gasteiger partial charge in [-0.1, -0.05) is 33.8 Å². The van der Waals surface area contributed by atoms with Gasteiger partial charge in [0.25, 0.3) is 20.2 Å². The van der Waals surface area contributed by atoms with Crippen LogP contribution in [0.5, 0.6) is 5.75 Å². The van der Waals surface area contributed by atoms with E-state index in [-0.39, 0.29) is 11.3 Å². The van der Waals surface area contributed by atoms with Crippen molar-refractivity contribution in [3.8, 4) is 5.75 Å². The van der Waals surface area contributed by atoms with Crippen molar-refractivity contribution in [1.29, 1.82) is 0 Å². The van der Waals surface area contributed by atoms with Crippen molar-refractivity contribution in [2.45, 2.75) is 78.6 Å². The van der Waals surface area contributed by atoms with Gasteiger partial charge >= 0.3 is 0 Å². The molecule has 2 N–H and O–H groups in total. The summed E-state index contributed by atoms with van der Waals surface area (Å²) < 4.78 is 99.1. The van der Waals surface area contributed by atoms with Crippen LogP contribution in [0.3, 0.4) is 0 Å². The van der Waals surface area contributed by atoms with Crippen molar-refractivity contribution in [1.82, 2.24) is 0 Å². The molecular formula is C21H28O9S3. The molecule has 0 heterocycles. The highest BCUT2D eigenvalue weighted by Gasteiger charge is 2.30. The van der Waals surface area contributed by atoms with E-state index in [0.29, 0.717) is 12.8 Å². The van der Waals surface area contributed by atoms with Crippen molar-refractivity contribution in [2.75, 3.05) is 0 Å². The summed E-state index contributed by atoms with van der Waals surface area (Å²) in [5.74, 6) is -0.218. The summed E-state index contributed by atoms with van der Waals surface area (Å²) in [5.41, 5.74) is -0.442. The van der Waals surface area contributed by atoms with Crippen LogP contribution in [0, 0.1) is 0 Å². The zero-order valence-corrected chi connectivity index (χ0v) is 21.4. The van der Waals surface area contributed by atoms with E-state index in [1.54, 1.807) is 27.7 Å². The van der Waals surface area contributed by atoms with E-state index in [1.807, 2.05) is 6.92 Å². The van der Waals surface area contributed by atoms with E-state index in [0.717, 1.165) is 24.3 Å². The SMILES string of the molecule is CCC(C)Oc1ccc(S(=O)(=O)c2ccc(C(C)(C)CC)c(S(=O)(=O)O)c2)cc1S(=O)(=O)O. The smallest absolute Gasteiger partial charge is 0.298 e. The molecule has 0 fully saturated rings. The molecule has 33 heavy (non-hydrogen) atoms. The number of hydrogen-bond acceptors (Lipinski definition) is 7. The zero-order chi connectivity index (χ0) is 25.4. The van der Waals surface area contributed by atoms with E-state index < -0.39 is 61.2 Å². The summed E-state index contributed by atoms with van der Waals surface area (Å²) in [4.78, 5) is -2.26. The monoisotopic (exact) mass is 520 g/mol. The summed E-state index contributed by atoms with van der Waals surface area (Å²) in [7, 11) is -14.0. The van der Waals surface area contributed by atoms with Crippen LogP contribution in [0.4, 0.5) is 0 Å². The number of hydrogen-bond donors (Lipinski definition) is 2. The first kappa shape index (κ1) is 27.3. The van der Waals surface area contributed by atoms with E-state index in [4.69, 9.17) is 4.74 Å². The second kappa shape index (κ2) is 9.34. The van der Waals surface area contributed by atoms with Gasteiger partial charge in [0.15, 0.2) is 0 Å². The Morgan fingerprint density at radius 1 is 0.848 bits per heavy atom. The van der Waals surface area contributed by atoms with Crippen LogP contribution in [0.2, 0.25) is 0 Å². The zero-order valence-electron chi connectivity index (χ0n) is 18.9. The van der Waals surface area contributed by atoms with Crippen molar-refractivity contribution in [3.63, 3.8) is 0 Å². The van der Waals surface area contributed by atoms with E-state index in [1.165, 1.54) is 12.1 Å². The van der Waals surface area contributed by atoms with Gasteiger partial charge in [-0.3, -0.25) is 9.11 Å². The Bertz CT molecular complexity index is 1360. The molecule has 0 amide bonds. The molecule has 0 saturated carbocycles. The quantitative estimate of drug-likeness (QED) is 0.469. The van der Waals surface area contributed by atoms with Crippen LogP contribution in [0.15, 0.2) is 56.0 Å². The number of rotatable bonds is 9. The van der Waals surface area contributed by atoms with E-state index in [2.05, 4.69) is 0 Å². The number of ether oxygens (including phenoxy) is 1. The molecule has 1 unspecified atom stereocenters. The van der Waals surface area contributed by atoms with Gasteiger partial charge in [0.1, 0.15) is 10.6 Å². The molecule has 0 aliphatic carbocycles. The predicted octanol–water partition coefficient (Wildman–Crippen LogP) is 3.88. The Morgan fingerprint density at radius 2 is 1.33 bits per heavy atom. The minimum Gasteiger partial charge on any atom is -0.489 e. The van der Waals surface area contributed by atoms with Crippen molar-refractivity contribution in [3.05, 3.63) is 42.0 Å². The fourth-order valence-corrected chi connectivity index (χ4v) is 6.03. The summed E-state index contributed by atoms with van der Waals surface area (Å²) in [5, 5.41) is 0. The van der Waals surface area contributed by atoms with Gasteiger partial charge in [0, 0.05) is 0 Å². The lowest BCUT2D eigenvalue weighted by atomic mass is 9.82.